The van der Waals surface area contributed by atoms with Crippen molar-refractivity contribution in [2.75, 3.05) is 49.6 Å². The largest absolute Gasteiger partial charge is 0.378 e. The number of morpholine rings is 1. The van der Waals surface area contributed by atoms with Crippen molar-refractivity contribution in [1.82, 2.24) is 4.90 Å². The number of rotatable bonds is 7. The number of halogens is 1. The van der Waals surface area contributed by atoms with Crippen LogP contribution in [0.15, 0.2) is 54.6 Å². The van der Waals surface area contributed by atoms with Gasteiger partial charge in [0.1, 0.15) is 12.4 Å². The van der Waals surface area contributed by atoms with Gasteiger partial charge in [0.25, 0.3) is 0 Å². The van der Waals surface area contributed by atoms with Gasteiger partial charge in [-0.15, -0.1) is 0 Å². The Kier molecular flexibility index (Phi) is 7.57. The van der Waals surface area contributed by atoms with Crippen molar-refractivity contribution in [3.8, 4) is 0 Å². The highest BCUT2D eigenvalue weighted by atomic mass is 19.1. The molecular weight excluding hydrogens is 385 g/mol. The van der Waals surface area contributed by atoms with Crippen molar-refractivity contribution < 1.29 is 18.7 Å². The van der Waals surface area contributed by atoms with Gasteiger partial charge in [-0.3, -0.25) is 9.59 Å². The maximum absolute atomic E-state index is 13.0. The molecule has 0 saturated carbocycles. The summed E-state index contributed by atoms with van der Waals surface area (Å²) in [7, 11) is 0. The van der Waals surface area contributed by atoms with Crippen molar-refractivity contribution in [3.05, 3.63) is 66.0 Å². The van der Waals surface area contributed by atoms with E-state index in [0.29, 0.717) is 17.8 Å². The first kappa shape index (κ1) is 21.5. The van der Waals surface area contributed by atoms with Crippen LogP contribution >= 0.6 is 0 Å². The zero-order valence-corrected chi connectivity index (χ0v) is 17.0. The van der Waals surface area contributed by atoms with Crippen molar-refractivity contribution in [2.45, 2.75) is 6.92 Å². The van der Waals surface area contributed by atoms with Gasteiger partial charge < -0.3 is 19.9 Å². The number of amides is 2. The summed E-state index contributed by atoms with van der Waals surface area (Å²) in [6, 6.07) is 13.5. The molecule has 1 N–H and O–H groups in total. The first-order chi connectivity index (χ1) is 14.5. The molecule has 158 valence electrons. The number of hydrogen-bond acceptors (Lipinski definition) is 4. The molecule has 0 bridgehead atoms. The van der Waals surface area contributed by atoms with E-state index in [0.717, 1.165) is 32.0 Å². The van der Waals surface area contributed by atoms with Gasteiger partial charge in [0, 0.05) is 37.1 Å². The Labute approximate surface area is 175 Å². The van der Waals surface area contributed by atoms with Gasteiger partial charge in [-0.25, -0.2) is 4.39 Å². The molecule has 6 nitrogen and oxygen atoms in total. The fourth-order valence-electron chi connectivity index (χ4n) is 3.14. The molecule has 1 fully saturated rings. The van der Waals surface area contributed by atoms with Crippen LogP contribution in [-0.4, -0.2) is 56.1 Å². The number of nitrogens with zero attached hydrogens (tertiary/aromatic N) is 2. The molecule has 0 aliphatic carbocycles. The number of anilines is 2. The highest BCUT2D eigenvalue weighted by Gasteiger charge is 2.14. The Balaban J connectivity index is 1.52. The summed E-state index contributed by atoms with van der Waals surface area (Å²) in [5, 5.41) is 2.83. The summed E-state index contributed by atoms with van der Waals surface area (Å²) < 4.78 is 18.3. The minimum Gasteiger partial charge on any atom is -0.378 e. The van der Waals surface area contributed by atoms with Crippen molar-refractivity contribution in [2.24, 2.45) is 0 Å². The van der Waals surface area contributed by atoms with E-state index in [2.05, 4.69) is 10.2 Å². The molecule has 1 saturated heterocycles. The lowest BCUT2D eigenvalue weighted by molar-refractivity contribution is -0.130. The maximum atomic E-state index is 13.0. The first-order valence-corrected chi connectivity index (χ1v) is 10.0. The number of likely N-dealkylation sites (N-methyl/N-ethyl adjacent to an activating group) is 1. The third-order valence-corrected chi connectivity index (χ3v) is 4.84. The maximum Gasteiger partial charge on any atom is 0.247 e. The summed E-state index contributed by atoms with van der Waals surface area (Å²) in [4.78, 5) is 28.5. The van der Waals surface area contributed by atoms with Gasteiger partial charge in [0.05, 0.1) is 13.2 Å². The van der Waals surface area contributed by atoms with Gasteiger partial charge in [-0.2, -0.15) is 0 Å². The first-order valence-electron chi connectivity index (χ1n) is 10.0. The Morgan fingerprint density at radius 3 is 2.40 bits per heavy atom. The molecule has 1 aliphatic rings. The van der Waals surface area contributed by atoms with Crippen molar-refractivity contribution in [1.29, 1.82) is 0 Å². The third kappa shape index (κ3) is 6.15. The van der Waals surface area contributed by atoms with Crippen LogP contribution in [0, 0.1) is 5.82 Å². The molecule has 0 spiro atoms. The van der Waals surface area contributed by atoms with Crippen LogP contribution in [0.3, 0.4) is 0 Å². The zero-order chi connectivity index (χ0) is 21.3. The second-order valence-electron chi connectivity index (χ2n) is 6.93. The summed E-state index contributed by atoms with van der Waals surface area (Å²) in [5.74, 6) is -0.873. The molecule has 3 rings (SSSR count). The van der Waals surface area contributed by atoms with Crippen molar-refractivity contribution >= 4 is 29.3 Å². The summed E-state index contributed by atoms with van der Waals surface area (Å²) in [6.45, 7) is 5.30. The van der Waals surface area contributed by atoms with Gasteiger partial charge in [-0.05, 0) is 55.0 Å². The topological polar surface area (TPSA) is 61.9 Å². The normalized spacial score (nSPS) is 14.0. The molecule has 2 aromatic carbocycles. The van der Waals surface area contributed by atoms with Gasteiger partial charge >= 0.3 is 0 Å². The van der Waals surface area contributed by atoms with Gasteiger partial charge in [0.2, 0.25) is 11.8 Å². The number of benzene rings is 2. The zero-order valence-electron chi connectivity index (χ0n) is 17.0. The molecule has 0 aromatic heterocycles. The van der Waals surface area contributed by atoms with E-state index in [4.69, 9.17) is 4.74 Å². The molecule has 30 heavy (non-hydrogen) atoms. The highest BCUT2D eigenvalue weighted by Crippen LogP contribution is 2.19. The Morgan fingerprint density at radius 1 is 1.10 bits per heavy atom. The van der Waals surface area contributed by atoms with E-state index >= 15 is 0 Å². The predicted molar refractivity (Wildman–Crippen MR) is 116 cm³/mol. The second kappa shape index (κ2) is 10.5. The van der Waals surface area contributed by atoms with E-state index in [1.165, 1.54) is 23.1 Å². The molecule has 0 unspecified atom stereocenters. The number of nitrogens with one attached hydrogen (secondary N) is 1. The Bertz CT molecular complexity index is 876. The third-order valence-electron chi connectivity index (χ3n) is 4.84. The van der Waals surface area contributed by atoms with Crippen molar-refractivity contribution in [3.63, 3.8) is 0 Å². The Morgan fingerprint density at radius 2 is 1.77 bits per heavy atom. The fraction of sp³-hybridized carbons (Fsp3) is 0.304. The smallest absolute Gasteiger partial charge is 0.247 e. The lowest BCUT2D eigenvalue weighted by atomic mass is 10.2. The van der Waals surface area contributed by atoms with Crippen LogP contribution in [0.2, 0.25) is 0 Å². The predicted octanol–water partition coefficient (Wildman–Crippen LogP) is 3.16. The van der Waals surface area contributed by atoms with Crippen LogP contribution in [0.4, 0.5) is 15.8 Å². The highest BCUT2D eigenvalue weighted by molar-refractivity contribution is 5.98. The monoisotopic (exact) mass is 411 g/mol. The lowest BCUT2D eigenvalue weighted by Gasteiger charge is -2.29. The number of carbonyl (C=O) groups is 2. The molecule has 2 amide bonds. The second-order valence-corrected chi connectivity index (χ2v) is 6.93. The summed E-state index contributed by atoms with van der Waals surface area (Å²) in [6.07, 6.45) is 2.99. The molecule has 2 aromatic rings. The lowest BCUT2D eigenvalue weighted by Crippen LogP contribution is -2.37. The molecule has 0 radical (unpaired) electrons. The minimum atomic E-state index is -0.330. The van der Waals surface area contributed by atoms with Crippen LogP contribution in [0.25, 0.3) is 6.08 Å². The van der Waals surface area contributed by atoms with E-state index in [9.17, 15) is 14.0 Å². The van der Waals surface area contributed by atoms with Gasteiger partial charge in [0.15, 0.2) is 0 Å². The van der Waals surface area contributed by atoms with Crippen LogP contribution in [0.5, 0.6) is 0 Å². The average Bonchev–Trinajstić information content (AvgIpc) is 2.78. The van der Waals surface area contributed by atoms with Gasteiger partial charge in [-0.1, -0.05) is 12.1 Å². The van der Waals surface area contributed by atoms with E-state index in [1.807, 2.05) is 31.2 Å². The molecule has 1 heterocycles. The van der Waals surface area contributed by atoms with E-state index in [-0.39, 0.29) is 24.2 Å². The average molecular weight is 411 g/mol. The Hall–Kier alpha value is -3.19. The van der Waals surface area contributed by atoms with Crippen LogP contribution in [0.1, 0.15) is 12.5 Å². The summed E-state index contributed by atoms with van der Waals surface area (Å²) in [5.41, 5.74) is 2.49. The quantitative estimate of drug-likeness (QED) is 0.711. The number of ether oxygens (including phenoxy) is 1. The fourth-order valence-corrected chi connectivity index (χ4v) is 3.14. The van der Waals surface area contributed by atoms with Crippen LogP contribution in [-0.2, 0) is 14.3 Å². The number of carbonyl (C=O) groups excluding carboxylic acids is 2. The summed E-state index contributed by atoms with van der Waals surface area (Å²) >= 11 is 0. The van der Waals surface area contributed by atoms with E-state index in [1.54, 1.807) is 18.2 Å². The minimum absolute atomic E-state index is 0.0473. The molecule has 1 aliphatic heterocycles. The molecule has 0 atom stereocenters. The molecule has 7 heteroatoms. The molecular formula is C23H26FN3O3. The van der Waals surface area contributed by atoms with Crippen LogP contribution < -0.4 is 10.2 Å². The number of hydrogen-bond donors (Lipinski definition) is 1. The SMILES string of the molecule is CCN(CC(=O)Nc1ccc(N2CCOCC2)cc1)C(=O)/C=C/c1ccc(F)cc1. The van der Waals surface area contributed by atoms with E-state index < -0.39 is 0 Å². The standard InChI is InChI=1S/C23H26FN3O3/c1-2-26(23(29)12-5-18-3-6-19(24)7-4-18)17-22(28)25-20-8-10-21(11-9-20)27-13-15-30-16-14-27/h3-12H,2,13-17H2,1H3,(H,25,28)/b12-5+.